The number of para-hydroxylation sites is 2. The fourth-order valence-electron chi connectivity index (χ4n) is 3.67. The molecule has 0 aliphatic carbocycles. The first-order chi connectivity index (χ1) is 13.2. The van der Waals surface area contributed by atoms with E-state index >= 15 is 0 Å². The normalized spacial score (nSPS) is 16.8. The Labute approximate surface area is 158 Å². The third kappa shape index (κ3) is 3.80. The molecule has 140 valence electrons. The van der Waals surface area contributed by atoms with Crippen molar-refractivity contribution >= 4 is 17.1 Å². The Balaban J connectivity index is 1.38. The molecule has 27 heavy (non-hydrogen) atoms. The molecule has 0 radical (unpaired) electrons. The molecule has 3 aromatic rings. The summed E-state index contributed by atoms with van der Waals surface area (Å²) in [5.74, 6) is 0.985. The molecule has 2 heterocycles. The lowest BCUT2D eigenvalue weighted by Gasteiger charge is -2.17. The van der Waals surface area contributed by atoms with Gasteiger partial charge in [-0.05, 0) is 30.0 Å². The van der Waals surface area contributed by atoms with Gasteiger partial charge < -0.3 is 19.3 Å². The van der Waals surface area contributed by atoms with Gasteiger partial charge in [-0.1, -0.05) is 42.5 Å². The Morgan fingerprint density at radius 2 is 1.93 bits per heavy atom. The van der Waals surface area contributed by atoms with Crippen LogP contribution in [0, 0.1) is 5.92 Å². The summed E-state index contributed by atoms with van der Waals surface area (Å²) in [4.78, 5) is 18.6. The number of carbonyl (C=O) groups excluding carboxylic acids is 1. The highest BCUT2D eigenvalue weighted by molar-refractivity contribution is 5.75. The smallest absolute Gasteiger partial charge is 0.410 e. The topological polar surface area (TPSA) is 67.6 Å². The molecule has 1 fully saturated rings. The van der Waals surface area contributed by atoms with E-state index < -0.39 is 0 Å². The quantitative estimate of drug-likeness (QED) is 0.754. The number of fused-ring (bicyclic) bond motifs is 1. The van der Waals surface area contributed by atoms with Crippen molar-refractivity contribution in [2.24, 2.45) is 5.92 Å². The summed E-state index contributed by atoms with van der Waals surface area (Å²) in [7, 11) is 0. The van der Waals surface area contributed by atoms with Crippen molar-refractivity contribution in [3.8, 4) is 0 Å². The maximum atomic E-state index is 12.3. The third-order valence-electron chi connectivity index (χ3n) is 5.06. The van der Waals surface area contributed by atoms with Crippen molar-refractivity contribution in [2.75, 3.05) is 13.1 Å². The number of hydrogen-bond donors (Lipinski definition) is 1. The lowest BCUT2D eigenvalue weighted by molar-refractivity contribution is 0.103. The van der Waals surface area contributed by atoms with E-state index in [0.29, 0.717) is 31.4 Å². The highest BCUT2D eigenvalue weighted by Crippen LogP contribution is 2.23. The van der Waals surface area contributed by atoms with Crippen LogP contribution in [0.1, 0.15) is 17.8 Å². The van der Waals surface area contributed by atoms with Gasteiger partial charge in [0.05, 0.1) is 11.0 Å². The van der Waals surface area contributed by atoms with E-state index in [1.807, 2.05) is 54.6 Å². The number of imidazole rings is 1. The van der Waals surface area contributed by atoms with Gasteiger partial charge in [0.15, 0.2) is 0 Å². The maximum absolute atomic E-state index is 12.3. The fraction of sp³-hybridized carbons (Fsp3) is 0.333. The average Bonchev–Trinajstić information content (AvgIpc) is 3.32. The summed E-state index contributed by atoms with van der Waals surface area (Å²) < 4.78 is 7.51. The minimum absolute atomic E-state index is 0.0930. The molecule has 6 nitrogen and oxygen atoms in total. The van der Waals surface area contributed by atoms with E-state index in [1.54, 1.807) is 4.90 Å². The Hall–Kier alpha value is -2.86. The lowest BCUT2D eigenvalue weighted by atomic mass is 10.1. The number of aliphatic hydroxyl groups is 1. The molecule has 1 aliphatic rings. The number of likely N-dealkylation sites (tertiary alicyclic amines) is 1. The van der Waals surface area contributed by atoms with Crippen molar-refractivity contribution < 1.29 is 14.6 Å². The first-order valence-electron chi connectivity index (χ1n) is 9.25. The number of nitrogens with zero attached hydrogens (tertiary/aromatic N) is 3. The third-order valence-corrected chi connectivity index (χ3v) is 5.06. The van der Waals surface area contributed by atoms with Gasteiger partial charge in [0.1, 0.15) is 19.0 Å². The predicted molar refractivity (Wildman–Crippen MR) is 102 cm³/mol. The molecule has 1 saturated heterocycles. The van der Waals surface area contributed by atoms with Crippen molar-refractivity contribution in [3.05, 3.63) is 66.0 Å². The van der Waals surface area contributed by atoms with Crippen molar-refractivity contribution in [2.45, 2.75) is 26.2 Å². The molecule has 1 amide bonds. The zero-order chi connectivity index (χ0) is 18.6. The van der Waals surface area contributed by atoms with E-state index in [9.17, 15) is 9.90 Å². The van der Waals surface area contributed by atoms with Gasteiger partial charge in [-0.25, -0.2) is 9.78 Å². The second-order valence-electron chi connectivity index (χ2n) is 6.93. The monoisotopic (exact) mass is 365 g/mol. The van der Waals surface area contributed by atoms with E-state index in [2.05, 4.69) is 9.55 Å². The standard InChI is InChI=1S/C21H23N3O3/c25-14-20-22-18-8-4-5-9-19(18)24(20)13-17-10-11-23(12-17)21(26)27-15-16-6-2-1-3-7-16/h1-9,17,25H,10-15H2/t17-/m1/s1. The second-order valence-corrected chi connectivity index (χ2v) is 6.93. The van der Waals surface area contributed by atoms with Gasteiger partial charge in [-0.2, -0.15) is 0 Å². The van der Waals surface area contributed by atoms with Gasteiger partial charge in [0.2, 0.25) is 0 Å². The van der Waals surface area contributed by atoms with E-state index in [1.165, 1.54) is 0 Å². The molecule has 4 rings (SSSR count). The van der Waals surface area contributed by atoms with Crippen LogP contribution in [0.4, 0.5) is 4.79 Å². The summed E-state index contributed by atoms with van der Waals surface area (Å²) in [6, 6.07) is 17.6. The number of aliphatic hydroxyl groups excluding tert-OH is 1. The van der Waals surface area contributed by atoms with Crippen LogP contribution < -0.4 is 0 Å². The number of ether oxygens (including phenoxy) is 1. The molecule has 1 atom stereocenters. The van der Waals surface area contributed by atoms with Crippen molar-refractivity contribution in [1.29, 1.82) is 0 Å². The molecular formula is C21H23N3O3. The Bertz CT molecular complexity index is 923. The number of benzene rings is 2. The molecule has 1 N–H and O–H groups in total. The van der Waals surface area contributed by atoms with E-state index in [4.69, 9.17) is 4.74 Å². The average molecular weight is 365 g/mol. The maximum Gasteiger partial charge on any atom is 0.410 e. The summed E-state index contributed by atoms with van der Waals surface area (Å²) in [6.45, 7) is 2.29. The summed E-state index contributed by atoms with van der Waals surface area (Å²) in [5, 5.41) is 9.64. The van der Waals surface area contributed by atoms with E-state index in [-0.39, 0.29) is 12.7 Å². The minimum atomic E-state index is -0.265. The van der Waals surface area contributed by atoms with E-state index in [0.717, 1.165) is 29.6 Å². The van der Waals surface area contributed by atoms with Gasteiger partial charge in [0.25, 0.3) is 0 Å². The van der Waals surface area contributed by atoms with Crippen LogP contribution in [0.2, 0.25) is 0 Å². The molecule has 0 unspecified atom stereocenters. The summed E-state index contributed by atoms with van der Waals surface area (Å²) in [6.07, 6.45) is 0.650. The van der Waals surface area contributed by atoms with Crippen LogP contribution in [0.25, 0.3) is 11.0 Å². The number of amides is 1. The number of aromatic nitrogens is 2. The summed E-state index contributed by atoms with van der Waals surface area (Å²) in [5.41, 5.74) is 2.89. The van der Waals surface area contributed by atoms with Crippen molar-refractivity contribution in [1.82, 2.24) is 14.5 Å². The van der Waals surface area contributed by atoms with Crippen LogP contribution >= 0.6 is 0 Å². The van der Waals surface area contributed by atoms with Crippen LogP contribution in [-0.2, 0) is 24.5 Å². The van der Waals surface area contributed by atoms with Crippen LogP contribution in [0.15, 0.2) is 54.6 Å². The Morgan fingerprint density at radius 1 is 1.15 bits per heavy atom. The first-order valence-corrected chi connectivity index (χ1v) is 9.25. The largest absolute Gasteiger partial charge is 0.445 e. The molecule has 1 aliphatic heterocycles. The minimum Gasteiger partial charge on any atom is -0.445 e. The fourth-order valence-corrected chi connectivity index (χ4v) is 3.67. The van der Waals surface area contributed by atoms with Crippen LogP contribution in [-0.4, -0.2) is 38.7 Å². The first kappa shape index (κ1) is 17.5. The second kappa shape index (κ2) is 7.80. The summed E-state index contributed by atoms with van der Waals surface area (Å²) >= 11 is 0. The highest BCUT2D eigenvalue weighted by atomic mass is 16.6. The van der Waals surface area contributed by atoms with Crippen molar-refractivity contribution in [3.63, 3.8) is 0 Å². The van der Waals surface area contributed by atoms with Gasteiger partial charge in [-0.15, -0.1) is 0 Å². The Morgan fingerprint density at radius 3 is 2.74 bits per heavy atom. The lowest BCUT2D eigenvalue weighted by Crippen LogP contribution is -2.29. The molecular weight excluding hydrogens is 342 g/mol. The molecule has 0 bridgehead atoms. The van der Waals surface area contributed by atoms with Crippen LogP contribution in [0.3, 0.4) is 0 Å². The number of hydrogen-bond acceptors (Lipinski definition) is 4. The Kier molecular flexibility index (Phi) is 5.07. The van der Waals surface area contributed by atoms with Crippen LogP contribution in [0.5, 0.6) is 0 Å². The highest BCUT2D eigenvalue weighted by Gasteiger charge is 2.28. The SMILES string of the molecule is O=C(OCc1ccccc1)N1CC[C@@H](Cn2c(CO)nc3ccccc32)C1. The molecule has 0 saturated carbocycles. The van der Waals surface area contributed by atoms with Gasteiger partial charge in [-0.3, -0.25) is 0 Å². The predicted octanol–water partition coefficient (Wildman–Crippen LogP) is 3.19. The molecule has 6 heteroatoms. The number of carbonyl (C=O) groups is 1. The molecule has 1 aromatic heterocycles. The zero-order valence-electron chi connectivity index (χ0n) is 15.1. The number of rotatable bonds is 5. The molecule has 2 aromatic carbocycles. The molecule has 0 spiro atoms. The van der Waals surface area contributed by atoms with Gasteiger partial charge >= 0.3 is 6.09 Å². The van der Waals surface area contributed by atoms with Gasteiger partial charge in [0, 0.05) is 19.6 Å². The zero-order valence-corrected chi connectivity index (χ0v) is 15.1.